The Hall–Kier alpha value is -2.44. The van der Waals surface area contributed by atoms with Gasteiger partial charge < -0.3 is 4.90 Å². The lowest BCUT2D eigenvalue weighted by atomic mass is 9.99. The van der Waals surface area contributed by atoms with Gasteiger partial charge >= 0.3 is 0 Å². The van der Waals surface area contributed by atoms with Gasteiger partial charge in [-0.3, -0.25) is 9.58 Å². The highest BCUT2D eigenvalue weighted by atomic mass is 35.5. The molecule has 4 rings (SSSR count). The molecule has 0 saturated carbocycles. The molecular formula is C23H29ClN6. The first-order valence-electron chi connectivity index (χ1n) is 10.5. The minimum atomic E-state index is 0.252. The van der Waals surface area contributed by atoms with E-state index < -0.39 is 0 Å². The van der Waals surface area contributed by atoms with Crippen molar-refractivity contribution in [2.75, 3.05) is 25.5 Å². The predicted octanol–water partition coefficient (Wildman–Crippen LogP) is 4.72. The van der Waals surface area contributed by atoms with Gasteiger partial charge in [0.15, 0.2) is 0 Å². The van der Waals surface area contributed by atoms with E-state index in [9.17, 15) is 0 Å². The van der Waals surface area contributed by atoms with E-state index in [1.54, 1.807) is 0 Å². The summed E-state index contributed by atoms with van der Waals surface area (Å²) in [5.74, 6) is 0.740. The number of anilines is 1. The molecule has 1 aliphatic heterocycles. The van der Waals surface area contributed by atoms with Crippen molar-refractivity contribution in [2.45, 2.75) is 45.8 Å². The van der Waals surface area contributed by atoms with Crippen LogP contribution in [0.4, 0.5) is 5.95 Å². The van der Waals surface area contributed by atoms with Gasteiger partial charge in [0.1, 0.15) is 0 Å². The van der Waals surface area contributed by atoms with Crippen molar-refractivity contribution in [3.63, 3.8) is 0 Å². The molecule has 6 nitrogen and oxygen atoms in total. The van der Waals surface area contributed by atoms with Crippen LogP contribution in [0.25, 0.3) is 11.1 Å². The highest BCUT2D eigenvalue weighted by Crippen LogP contribution is 2.38. The maximum absolute atomic E-state index is 6.12. The van der Waals surface area contributed by atoms with Crippen molar-refractivity contribution in [2.24, 2.45) is 0 Å². The van der Waals surface area contributed by atoms with Crippen LogP contribution in [0.3, 0.4) is 0 Å². The summed E-state index contributed by atoms with van der Waals surface area (Å²) >= 11 is 6.12. The summed E-state index contributed by atoms with van der Waals surface area (Å²) in [7, 11) is 3.96. The Balaban J connectivity index is 1.71. The van der Waals surface area contributed by atoms with Crippen molar-refractivity contribution >= 4 is 17.5 Å². The Morgan fingerprint density at radius 1 is 1.20 bits per heavy atom. The zero-order chi connectivity index (χ0) is 21.3. The van der Waals surface area contributed by atoms with Crippen LogP contribution in [0.5, 0.6) is 0 Å². The summed E-state index contributed by atoms with van der Waals surface area (Å²) in [6, 6.07) is 8.20. The van der Waals surface area contributed by atoms with Crippen LogP contribution in [0.1, 0.15) is 42.8 Å². The van der Waals surface area contributed by atoms with Crippen LogP contribution < -0.4 is 4.90 Å². The molecule has 1 aliphatic rings. The molecular weight excluding hydrogens is 396 g/mol. The van der Waals surface area contributed by atoms with Crippen LogP contribution in [-0.4, -0.2) is 45.3 Å². The number of hydrogen-bond acceptors (Lipinski definition) is 5. The van der Waals surface area contributed by atoms with Gasteiger partial charge in [-0.1, -0.05) is 23.7 Å². The normalized spacial score (nSPS) is 16.9. The number of benzene rings is 1. The molecule has 2 aromatic heterocycles. The van der Waals surface area contributed by atoms with E-state index >= 15 is 0 Å². The number of aryl methyl sites for hydroxylation is 2. The molecule has 1 saturated heterocycles. The molecule has 0 spiro atoms. The molecule has 158 valence electrons. The van der Waals surface area contributed by atoms with E-state index in [0.29, 0.717) is 0 Å². The van der Waals surface area contributed by atoms with Crippen molar-refractivity contribution < 1.29 is 0 Å². The fraction of sp³-hybridized carbons (Fsp3) is 0.435. The SMILES string of the molecule is CCn1cc(CN2CCCC2c2nc(N(C)C)ncc2-c2ccc(Cl)cc2)c(C)n1. The van der Waals surface area contributed by atoms with Gasteiger partial charge in [-0.05, 0) is 50.9 Å². The molecule has 0 bridgehead atoms. The zero-order valence-corrected chi connectivity index (χ0v) is 18.9. The minimum Gasteiger partial charge on any atom is -0.347 e. The number of nitrogens with zero attached hydrogens (tertiary/aromatic N) is 6. The van der Waals surface area contributed by atoms with Crippen LogP contribution in [0.15, 0.2) is 36.7 Å². The molecule has 7 heteroatoms. The van der Waals surface area contributed by atoms with Gasteiger partial charge in [0.25, 0.3) is 0 Å². The van der Waals surface area contributed by atoms with Crippen molar-refractivity contribution in [1.82, 2.24) is 24.6 Å². The zero-order valence-electron chi connectivity index (χ0n) is 18.1. The van der Waals surface area contributed by atoms with Crippen LogP contribution in [0.2, 0.25) is 5.02 Å². The average Bonchev–Trinajstić information content (AvgIpc) is 3.35. The highest BCUT2D eigenvalue weighted by molar-refractivity contribution is 6.30. The Kier molecular flexibility index (Phi) is 6.06. The number of hydrogen-bond donors (Lipinski definition) is 0. The van der Waals surface area contributed by atoms with E-state index in [4.69, 9.17) is 16.6 Å². The summed E-state index contributed by atoms with van der Waals surface area (Å²) in [6.07, 6.45) is 6.38. The topological polar surface area (TPSA) is 50.1 Å². The molecule has 0 radical (unpaired) electrons. The van der Waals surface area contributed by atoms with Gasteiger partial charge in [0.05, 0.1) is 17.4 Å². The van der Waals surface area contributed by atoms with E-state index in [1.807, 2.05) is 42.0 Å². The first-order valence-corrected chi connectivity index (χ1v) is 10.9. The maximum Gasteiger partial charge on any atom is 0.225 e. The number of likely N-dealkylation sites (tertiary alicyclic amines) is 1. The first kappa shape index (κ1) is 20.8. The lowest BCUT2D eigenvalue weighted by Crippen LogP contribution is -2.25. The summed E-state index contributed by atoms with van der Waals surface area (Å²) < 4.78 is 2.02. The van der Waals surface area contributed by atoms with Gasteiger partial charge in [0.2, 0.25) is 5.95 Å². The Morgan fingerprint density at radius 2 is 1.97 bits per heavy atom. The summed E-state index contributed by atoms with van der Waals surface area (Å²) in [4.78, 5) is 14.1. The third-order valence-electron chi connectivity index (χ3n) is 5.79. The third kappa shape index (κ3) is 4.20. The maximum atomic E-state index is 6.12. The molecule has 1 unspecified atom stereocenters. The highest BCUT2D eigenvalue weighted by Gasteiger charge is 2.31. The second-order valence-corrected chi connectivity index (χ2v) is 8.53. The monoisotopic (exact) mass is 424 g/mol. The molecule has 3 heterocycles. The van der Waals surface area contributed by atoms with Crippen molar-refractivity contribution in [1.29, 1.82) is 0 Å². The average molecular weight is 425 g/mol. The lowest BCUT2D eigenvalue weighted by molar-refractivity contribution is 0.244. The quantitative estimate of drug-likeness (QED) is 0.572. The molecule has 30 heavy (non-hydrogen) atoms. The second kappa shape index (κ2) is 8.74. The molecule has 1 atom stereocenters. The van der Waals surface area contributed by atoms with Crippen LogP contribution in [0, 0.1) is 6.92 Å². The van der Waals surface area contributed by atoms with E-state index in [2.05, 4.69) is 47.2 Å². The summed E-state index contributed by atoms with van der Waals surface area (Å²) in [5.41, 5.74) is 5.67. The molecule has 1 fully saturated rings. The van der Waals surface area contributed by atoms with Crippen LogP contribution >= 0.6 is 11.6 Å². The minimum absolute atomic E-state index is 0.252. The summed E-state index contributed by atoms with van der Waals surface area (Å²) in [5, 5.41) is 5.36. The number of halogens is 1. The van der Waals surface area contributed by atoms with Crippen LogP contribution in [-0.2, 0) is 13.1 Å². The standard InChI is InChI=1S/C23H29ClN6/c1-5-30-15-18(16(2)27-30)14-29-12-6-7-21(29)22-20(13-25-23(26-22)28(3)4)17-8-10-19(24)11-9-17/h8-11,13,15,21H,5-7,12,14H2,1-4H3. The summed E-state index contributed by atoms with van der Waals surface area (Å²) in [6.45, 7) is 7.06. The van der Waals surface area contributed by atoms with Gasteiger partial charge in [-0.2, -0.15) is 5.10 Å². The number of aromatic nitrogens is 4. The molecule has 1 aromatic carbocycles. The van der Waals surface area contributed by atoms with Gasteiger partial charge in [-0.15, -0.1) is 0 Å². The third-order valence-corrected chi connectivity index (χ3v) is 6.04. The van der Waals surface area contributed by atoms with E-state index in [-0.39, 0.29) is 6.04 Å². The molecule has 0 aliphatic carbocycles. The smallest absolute Gasteiger partial charge is 0.225 e. The van der Waals surface area contributed by atoms with E-state index in [1.165, 1.54) is 5.56 Å². The van der Waals surface area contributed by atoms with Gasteiger partial charge in [0, 0.05) is 55.7 Å². The molecule has 3 aromatic rings. The Morgan fingerprint density at radius 3 is 2.63 bits per heavy atom. The number of rotatable bonds is 6. The van der Waals surface area contributed by atoms with E-state index in [0.717, 1.165) is 66.0 Å². The first-order chi connectivity index (χ1) is 14.5. The van der Waals surface area contributed by atoms with Crippen molar-refractivity contribution in [3.8, 4) is 11.1 Å². The fourth-order valence-electron chi connectivity index (χ4n) is 4.13. The predicted molar refractivity (Wildman–Crippen MR) is 122 cm³/mol. The second-order valence-electron chi connectivity index (χ2n) is 8.09. The Labute approximate surface area is 183 Å². The largest absolute Gasteiger partial charge is 0.347 e. The Bertz CT molecular complexity index is 1010. The fourth-order valence-corrected chi connectivity index (χ4v) is 4.25. The molecule has 0 N–H and O–H groups in total. The van der Waals surface area contributed by atoms with Gasteiger partial charge in [-0.25, -0.2) is 9.97 Å². The molecule has 0 amide bonds. The lowest BCUT2D eigenvalue weighted by Gasteiger charge is -2.26. The van der Waals surface area contributed by atoms with Crippen molar-refractivity contribution in [3.05, 3.63) is 58.6 Å².